The molecule has 0 spiro atoms. The average Bonchev–Trinajstić information content (AvgIpc) is 3.34. The minimum Gasteiger partial charge on any atom is -0.377 e. The van der Waals surface area contributed by atoms with Crippen LogP contribution < -0.4 is 0 Å². The quantitative estimate of drug-likeness (QED) is 0.922. The fraction of sp³-hybridized carbons (Fsp3) is 0.625. The molecule has 4 rings (SSSR count). The van der Waals surface area contributed by atoms with Gasteiger partial charge in [-0.2, -0.15) is 5.21 Å². The predicted molar refractivity (Wildman–Crippen MR) is 88.9 cm³/mol. The third-order valence-corrected chi connectivity index (χ3v) is 6.02. The maximum Gasteiger partial charge on any atom is 0.255 e. The molecule has 2 aromatic rings. The number of rotatable bonds is 3. The Morgan fingerprint density at radius 3 is 3.00 bits per heavy atom. The third kappa shape index (κ3) is 3.08. The fourth-order valence-corrected chi connectivity index (χ4v) is 4.66. The lowest BCUT2D eigenvalue weighted by Crippen LogP contribution is -2.43. The van der Waals surface area contributed by atoms with E-state index in [9.17, 15) is 4.79 Å². The summed E-state index contributed by atoms with van der Waals surface area (Å²) in [5, 5.41) is 16.1. The molecule has 7 nitrogen and oxygen atoms in total. The van der Waals surface area contributed by atoms with Gasteiger partial charge in [0, 0.05) is 16.8 Å². The van der Waals surface area contributed by atoms with Crippen molar-refractivity contribution in [2.24, 2.45) is 0 Å². The molecule has 1 amide bonds. The molecule has 1 aliphatic carbocycles. The second-order valence-corrected chi connectivity index (χ2v) is 7.37. The topological polar surface area (TPSA) is 84.0 Å². The van der Waals surface area contributed by atoms with Crippen molar-refractivity contribution in [2.45, 2.75) is 44.1 Å². The van der Waals surface area contributed by atoms with Gasteiger partial charge in [0.25, 0.3) is 5.91 Å². The molecular formula is C16H21N5O2S. The van der Waals surface area contributed by atoms with Crippen LogP contribution in [0.2, 0.25) is 0 Å². The monoisotopic (exact) mass is 347 g/mol. The minimum absolute atomic E-state index is 0.0337. The van der Waals surface area contributed by atoms with Gasteiger partial charge >= 0.3 is 0 Å². The van der Waals surface area contributed by atoms with E-state index in [-0.39, 0.29) is 11.9 Å². The molecule has 1 saturated carbocycles. The number of morpholine rings is 1. The van der Waals surface area contributed by atoms with Crippen LogP contribution in [-0.2, 0) is 4.74 Å². The lowest BCUT2D eigenvalue weighted by atomic mass is 9.88. The zero-order valence-corrected chi connectivity index (χ0v) is 14.3. The highest BCUT2D eigenvalue weighted by Gasteiger charge is 2.32. The Bertz CT molecular complexity index is 680. The first-order valence-electron chi connectivity index (χ1n) is 8.53. The van der Waals surface area contributed by atoms with Crippen LogP contribution in [0.3, 0.4) is 0 Å². The molecule has 2 aliphatic rings. The number of carbonyl (C=O) groups is 1. The van der Waals surface area contributed by atoms with Crippen molar-refractivity contribution < 1.29 is 9.53 Å². The fourth-order valence-electron chi connectivity index (χ4n) is 3.60. The lowest BCUT2D eigenvalue weighted by Gasteiger charge is -2.33. The van der Waals surface area contributed by atoms with Crippen LogP contribution in [0.15, 0.2) is 11.4 Å². The Morgan fingerprint density at radius 2 is 2.21 bits per heavy atom. The highest BCUT2D eigenvalue weighted by Crippen LogP contribution is 2.36. The molecule has 1 atom stereocenters. The Labute approximate surface area is 144 Å². The van der Waals surface area contributed by atoms with Gasteiger partial charge < -0.3 is 9.64 Å². The van der Waals surface area contributed by atoms with Gasteiger partial charge in [0.05, 0.1) is 18.8 Å². The van der Waals surface area contributed by atoms with E-state index in [0.29, 0.717) is 31.5 Å². The van der Waals surface area contributed by atoms with Crippen molar-refractivity contribution in [1.82, 2.24) is 25.5 Å². The van der Waals surface area contributed by atoms with E-state index >= 15 is 0 Å². The molecule has 1 unspecified atom stereocenters. The average molecular weight is 347 g/mol. The van der Waals surface area contributed by atoms with Gasteiger partial charge in [-0.25, -0.2) is 0 Å². The standard InChI is InChI=1S/C16H21N5O2S/c22-16(12-8-14(24-10-12)11-4-2-1-3-5-11)21-6-7-23-9-13(21)15-17-19-20-18-15/h8,10-11,13H,1-7,9H2,(H,17,18,19,20). The Balaban J connectivity index is 1.52. The van der Waals surface area contributed by atoms with Gasteiger partial charge in [-0.05, 0) is 24.8 Å². The summed E-state index contributed by atoms with van der Waals surface area (Å²) in [6.07, 6.45) is 6.44. The van der Waals surface area contributed by atoms with Gasteiger partial charge in [-0.3, -0.25) is 4.79 Å². The first kappa shape index (κ1) is 15.7. The lowest BCUT2D eigenvalue weighted by molar-refractivity contribution is -0.00518. The first-order valence-corrected chi connectivity index (χ1v) is 9.41. The third-order valence-electron chi connectivity index (χ3n) is 4.92. The van der Waals surface area contributed by atoms with E-state index < -0.39 is 0 Å². The van der Waals surface area contributed by atoms with Crippen LogP contribution in [0.4, 0.5) is 0 Å². The molecule has 1 N–H and O–H groups in total. The SMILES string of the molecule is O=C(c1csc(C2CCCCC2)c1)N1CCOCC1c1nn[nH]n1. The van der Waals surface area contributed by atoms with Crippen molar-refractivity contribution in [3.8, 4) is 0 Å². The van der Waals surface area contributed by atoms with Gasteiger partial charge in [-0.1, -0.05) is 24.5 Å². The summed E-state index contributed by atoms with van der Waals surface area (Å²) in [4.78, 5) is 16.1. The van der Waals surface area contributed by atoms with Gasteiger partial charge in [-0.15, -0.1) is 21.5 Å². The van der Waals surface area contributed by atoms with E-state index in [1.807, 2.05) is 5.38 Å². The van der Waals surface area contributed by atoms with Crippen LogP contribution in [0.5, 0.6) is 0 Å². The number of tetrazole rings is 1. The first-order chi connectivity index (χ1) is 11.8. The van der Waals surface area contributed by atoms with Crippen molar-refractivity contribution >= 4 is 17.2 Å². The van der Waals surface area contributed by atoms with Crippen molar-refractivity contribution in [3.63, 3.8) is 0 Å². The molecule has 2 aromatic heterocycles. The summed E-state index contributed by atoms with van der Waals surface area (Å²) in [5.41, 5.74) is 0.774. The molecule has 1 saturated heterocycles. The van der Waals surface area contributed by atoms with E-state index in [0.717, 1.165) is 5.56 Å². The number of nitrogens with one attached hydrogen (secondary N) is 1. The number of aromatic nitrogens is 4. The summed E-state index contributed by atoms with van der Waals surface area (Å²) in [6, 6.07) is 1.81. The number of nitrogens with zero attached hydrogens (tertiary/aromatic N) is 4. The minimum atomic E-state index is -0.275. The van der Waals surface area contributed by atoms with Gasteiger partial charge in [0.1, 0.15) is 6.04 Å². The van der Waals surface area contributed by atoms with Crippen LogP contribution in [-0.4, -0.2) is 51.2 Å². The molecule has 2 fully saturated rings. The normalized spacial score (nSPS) is 22.7. The smallest absolute Gasteiger partial charge is 0.255 e. The molecule has 0 bridgehead atoms. The Hall–Kier alpha value is -1.80. The highest BCUT2D eigenvalue weighted by molar-refractivity contribution is 7.10. The summed E-state index contributed by atoms with van der Waals surface area (Å²) < 4.78 is 5.51. The molecule has 1 aliphatic heterocycles. The second-order valence-electron chi connectivity index (χ2n) is 6.43. The maximum atomic E-state index is 13.0. The summed E-state index contributed by atoms with van der Waals surface area (Å²) >= 11 is 1.72. The van der Waals surface area contributed by atoms with E-state index in [2.05, 4.69) is 26.7 Å². The number of H-pyrrole nitrogens is 1. The zero-order chi connectivity index (χ0) is 16.4. The summed E-state index contributed by atoms with van der Waals surface area (Å²) in [7, 11) is 0. The molecule has 0 radical (unpaired) electrons. The molecule has 24 heavy (non-hydrogen) atoms. The van der Waals surface area contributed by atoms with Crippen molar-refractivity contribution in [2.75, 3.05) is 19.8 Å². The molecule has 3 heterocycles. The number of thiophene rings is 1. The second kappa shape index (κ2) is 6.98. The zero-order valence-electron chi connectivity index (χ0n) is 13.5. The number of aromatic amines is 1. The summed E-state index contributed by atoms with van der Waals surface area (Å²) in [5.74, 6) is 1.17. The Morgan fingerprint density at radius 1 is 1.33 bits per heavy atom. The number of hydrogen-bond acceptors (Lipinski definition) is 6. The largest absolute Gasteiger partial charge is 0.377 e. The van der Waals surface area contributed by atoms with Crippen LogP contribution in [0.1, 0.15) is 65.1 Å². The predicted octanol–water partition coefficient (Wildman–Crippen LogP) is 2.52. The molecular weight excluding hydrogens is 326 g/mol. The van der Waals surface area contributed by atoms with Crippen molar-refractivity contribution in [1.29, 1.82) is 0 Å². The van der Waals surface area contributed by atoms with Crippen LogP contribution >= 0.6 is 11.3 Å². The van der Waals surface area contributed by atoms with Crippen molar-refractivity contribution in [3.05, 3.63) is 27.7 Å². The number of hydrogen-bond donors (Lipinski definition) is 1. The van der Waals surface area contributed by atoms with E-state index in [1.54, 1.807) is 16.2 Å². The van der Waals surface area contributed by atoms with E-state index in [1.165, 1.54) is 37.0 Å². The summed E-state index contributed by atoms with van der Waals surface area (Å²) in [6.45, 7) is 1.50. The van der Waals surface area contributed by atoms with E-state index in [4.69, 9.17) is 4.74 Å². The highest BCUT2D eigenvalue weighted by atomic mass is 32.1. The van der Waals surface area contributed by atoms with Crippen LogP contribution in [0.25, 0.3) is 0 Å². The molecule has 128 valence electrons. The van der Waals surface area contributed by atoms with Gasteiger partial charge in [0.2, 0.25) is 0 Å². The number of ether oxygens (including phenoxy) is 1. The number of carbonyl (C=O) groups excluding carboxylic acids is 1. The molecule has 0 aromatic carbocycles. The maximum absolute atomic E-state index is 13.0. The van der Waals surface area contributed by atoms with Crippen LogP contribution in [0, 0.1) is 0 Å². The Kier molecular flexibility index (Phi) is 4.57. The molecule has 8 heteroatoms. The number of amides is 1. The van der Waals surface area contributed by atoms with Gasteiger partial charge in [0.15, 0.2) is 5.82 Å².